The summed E-state index contributed by atoms with van der Waals surface area (Å²) in [5, 5.41) is 7.02. The molecule has 1 aliphatic rings. The van der Waals surface area contributed by atoms with Crippen molar-refractivity contribution in [2.45, 2.75) is 32.5 Å². The largest absolute Gasteiger partial charge is 0.355 e. The lowest BCUT2D eigenvalue weighted by Crippen LogP contribution is -2.42. The van der Waals surface area contributed by atoms with Crippen LogP contribution in [0.2, 0.25) is 0 Å². The van der Waals surface area contributed by atoms with Gasteiger partial charge in [-0.2, -0.15) is 4.98 Å². The van der Waals surface area contributed by atoms with Crippen LogP contribution in [-0.4, -0.2) is 59.1 Å². The van der Waals surface area contributed by atoms with E-state index in [1.165, 1.54) is 5.56 Å². The minimum absolute atomic E-state index is 0. The van der Waals surface area contributed by atoms with Crippen LogP contribution in [0.3, 0.4) is 0 Å². The van der Waals surface area contributed by atoms with Crippen molar-refractivity contribution in [1.82, 2.24) is 25.3 Å². The first kappa shape index (κ1) is 26.3. The van der Waals surface area contributed by atoms with Gasteiger partial charge in [0.2, 0.25) is 11.8 Å². The zero-order valence-corrected chi connectivity index (χ0v) is 19.0. The maximum absolute atomic E-state index is 12.4. The molecule has 2 heterocycles. The number of amides is 1. The Morgan fingerprint density at radius 3 is 2.60 bits per heavy atom. The molecule has 1 fully saturated rings. The normalized spacial score (nSPS) is 14.8. The van der Waals surface area contributed by atoms with Crippen molar-refractivity contribution in [3.63, 3.8) is 0 Å². The van der Waals surface area contributed by atoms with E-state index in [0.29, 0.717) is 24.8 Å². The van der Waals surface area contributed by atoms with Crippen LogP contribution < -0.4 is 11.1 Å². The highest BCUT2D eigenvalue weighted by Gasteiger charge is 2.25. The molecule has 0 unspecified atom stereocenters. The Morgan fingerprint density at radius 1 is 1.27 bits per heavy atom. The minimum atomic E-state index is 0. The predicted molar refractivity (Wildman–Crippen MR) is 120 cm³/mol. The van der Waals surface area contributed by atoms with E-state index in [1.807, 2.05) is 18.2 Å². The molecule has 168 valence electrons. The van der Waals surface area contributed by atoms with Crippen molar-refractivity contribution in [3.8, 4) is 0 Å². The van der Waals surface area contributed by atoms with Gasteiger partial charge < -0.3 is 20.5 Å². The van der Waals surface area contributed by atoms with Gasteiger partial charge in [-0.1, -0.05) is 35.5 Å². The average molecular weight is 459 g/mol. The summed E-state index contributed by atoms with van der Waals surface area (Å²) in [5.74, 6) is 1.37. The second-order valence-electron chi connectivity index (χ2n) is 7.37. The van der Waals surface area contributed by atoms with Gasteiger partial charge in [0.1, 0.15) is 0 Å². The zero-order chi connectivity index (χ0) is 19.8. The van der Waals surface area contributed by atoms with Crippen molar-refractivity contribution in [3.05, 3.63) is 47.6 Å². The number of carbonyl (C=O) groups excluding carboxylic acids is 1. The lowest BCUT2D eigenvalue weighted by Gasteiger charge is -2.30. The minimum Gasteiger partial charge on any atom is -0.355 e. The Labute approximate surface area is 190 Å². The fourth-order valence-electron chi connectivity index (χ4n) is 3.48. The summed E-state index contributed by atoms with van der Waals surface area (Å²) in [6.07, 6.45) is 1.71. The van der Waals surface area contributed by atoms with Crippen molar-refractivity contribution in [2.75, 3.05) is 33.2 Å². The highest BCUT2D eigenvalue weighted by Crippen LogP contribution is 2.18. The predicted octanol–water partition coefficient (Wildman–Crippen LogP) is 1.83. The fraction of sp³-hybridized carbons (Fsp3) is 0.550. The second kappa shape index (κ2) is 13.6. The van der Waals surface area contributed by atoms with Gasteiger partial charge in [0.25, 0.3) is 0 Å². The third-order valence-electron chi connectivity index (χ3n) is 5.10. The maximum atomic E-state index is 12.4. The molecule has 10 heteroatoms. The van der Waals surface area contributed by atoms with Crippen LogP contribution >= 0.6 is 24.8 Å². The summed E-state index contributed by atoms with van der Waals surface area (Å²) in [4.78, 5) is 21.2. The van der Waals surface area contributed by atoms with Crippen LogP contribution in [0.15, 0.2) is 34.9 Å². The number of halogens is 2. The number of likely N-dealkylation sites (N-methyl/N-ethyl adjacent to an activating group) is 1. The molecule has 1 amide bonds. The van der Waals surface area contributed by atoms with Crippen molar-refractivity contribution in [2.24, 2.45) is 11.7 Å². The topological polar surface area (TPSA) is 101 Å². The Hall–Kier alpha value is -1.71. The zero-order valence-electron chi connectivity index (χ0n) is 17.3. The monoisotopic (exact) mass is 458 g/mol. The number of nitrogens with two attached hydrogens (primary N) is 1. The molecule has 1 saturated heterocycles. The number of nitrogens with zero attached hydrogens (tertiary/aromatic N) is 4. The lowest BCUT2D eigenvalue weighted by molar-refractivity contribution is -0.126. The molecule has 0 spiro atoms. The molecule has 3 rings (SSSR count). The van der Waals surface area contributed by atoms with Crippen molar-refractivity contribution in [1.29, 1.82) is 0 Å². The van der Waals surface area contributed by atoms with E-state index in [4.69, 9.17) is 10.3 Å². The SMILES string of the molecule is CN(CCNC(=O)C1CCN(Cc2noc(CN)n2)CC1)Cc1ccccc1.Cl.Cl. The molecular weight excluding hydrogens is 427 g/mol. The van der Waals surface area contributed by atoms with Gasteiger partial charge in [0.05, 0.1) is 13.1 Å². The molecule has 30 heavy (non-hydrogen) atoms. The van der Waals surface area contributed by atoms with Crippen LogP contribution in [0, 0.1) is 5.92 Å². The summed E-state index contributed by atoms with van der Waals surface area (Å²) < 4.78 is 5.03. The van der Waals surface area contributed by atoms with Gasteiger partial charge in [-0.15, -0.1) is 24.8 Å². The van der Waals surface area contributed by atoms with Gasteiger partial charge in [0, 0.05) is 25.6 Å². The van der Waals surface area contributed by atoms with Crippen LogP contribution in [0.25, 0.3) is 0 Å². The molecule has 0 atom stereocenters. The number of carbonyl (C=O) groups is 1. The first-order valence-electron chi connectivity index (χ1n) is 9.88. The van der Waals surface area contributed by atoms with Gasteiger partial charge >= 0.3 is 0 Å². The van der Waals surface area contributed by atoms with Gasteiger partial charge in [-0.05, 0) is 38.5 Å². The number of benzene rings is 1. The van der Waals surface area contributed by atoms with Gasteiger partial charge in [0.15, 0.2) is 5.82 Å². The number of aromatic nitrogens is 2. The Morgan fingerprint density at radius 2 is 1.97 bits per heavy atom. The van der Waals surface area contributed by atoms with E-state index in [2.05, 4.69) is 44.4 Å². The number of nitrogens with one attached hydrogen (secondary N) is 1. The van der Waals surface area contributed by atoms with Gasteiger partial charge in [-0.25, -0.2) is 0 Å². The molecule has 0 bridgehead atoms. The molecule has 1 aliphatic heterocycles. The molecule has 8 nitrogen and oxygen atoms in total. The molecule has 3 N–H and O–H groups in total. The van der Waals surface area contributed by atoms with Crippen LogP contribution in [-0.2, 0) is 24.4 Å². The van der Waals surface area contributed by atoms with E-state index < -0.39 is 0 Å². The molecule has 0 radical (unpaired) electrons. The van der Waals surface area contributed by atoms with E-state index >= 15 is 0 Å². The maximum Gasteiger partial charge on any atom is 0.240 e. The Balaban J connectivity index is 0.00000225. The molecule has 1 aromatic carbocycles. The third-order valence-corrected chi connectivity index (χ3v) is 5.10. The van der Waals surface area contributed by atoms with Gasteiger partial charge in [-0.3, -0.25) is 9.69 Å². The number of rotatable bonds is 9. The summed E-state index contributed by atoms with van der Waals surface area (Å²) >= 11 is 0. The smallest absolute Gasteiger partial charge is 0.240 e. The molecule has 0 aliphatic carbocycles. The number of hydrogen-bond donors (Lipinski definition) is 2. The van der Waals surface area contributed by atoms with E-state index in [-0.39, 0.29) is 43.2 Å². The van der Waals surface area contributed by atoms with Crippen LogP contribution in [0.1, 0.15) is 30.1 Å². The second-order valence-corrected chi connectivity index (χ2v) is 7.37. The number of likely N-dealkylation sites (tertiary alicyclic amines) is 1. The molecular formula is C20H32Cl2N6O2. The molecule has 1 aromatic heterocycles. The van der Waals surface area contributed by atoms with Crippen molar-refractivity contribution < 1.29 is 9.32 Å². The van der Waals surface area contributed by atoms with E-state index in [1.54, 1.807) is 0 Å². The van der Waals surface area contributed by atoms with E-state index in [0.717, 1.165) is 39.0 Å². The summed E-state index contributed by atoms with van der Waals surface area (Å²) in [5.41, 5.74) is 6.77. The van der Waals surface area contributed by atoms with Crippen molar-refractivity contribution >= 4 is 30.7 Å². The number of hydrogen-bond acceptors (Lipinski definition) is 7. The molecule has 2 aromatic rings. The Kier molecular flexibility index (Phi) is 11.9. The Bertz CT molecular complexity index is 738. The first-order chi connectivity index (χ1) is 13.6. The van der Waals surface area contributed by atoms with Crippen LogP contribution in [0.4, 0.5) is 0 Å². The highest BCUT2D eigenvalue weighted by molar-refractivity contribution is 5.85. The summed E-state index contributed by atoms with van der Waals surface area (Å²) in [6, 6.07) is 10.4. The van der Waals surface area contributed by atoms with E-state index in [9.17, 15) is 4.79 Å². The quantitative estimate of drug-likeness (QED) is 0.590. The fourth-order valence-corrected chi connectivity index (χ4v) is 3.48. The lowest BCUT2D eigenvalue weighted by atomic mass is 9.96. The highest BCUT2D eigenvalue weighted by atomic mass is 35.5. The van der Waals surface area contributed by atoms with Crippen LogP contribution in [0.5, 0.6) is 0 Å². The third kappa shape index (κ3) is 8.20. The first-order valence-corrected chi connectivity index (χ1v) is 9.88. The summed E-state index contributed by atoms with van der Waals surface area (Å²) in [6.45, 7) is 5.01. The average Bonchev–Trinajstić information content (AvgIpc) is 3.17. The number of piperidine rings is 1. The summed E-state index contributed by atoms with van der Waals surface area (Å²) in [7, 11) is 2.08. The standard InChI is InChI=1S/C20H30N6O2.2ClH/c1-25(14-16-5-3-2-4-6-16)12-9-22-20(27)17-7-10-26(11-8-17)15-18-23-19(13-21)28-24-18;;/h2-6,17H,7-15,21H2,1H3,(H,22,27);2*1H. The molecule has 0 saturated carbocycles.